The number of rotatable bonds is 3. The molecule has 0 bridgehead atoms. The Labute approximate surface area is 132 Å². The molecule has 0 aromatic heterocycles. The zero-order valence-electron chi connectivity index (χ0n) is 14.4. The van der Waals surface area contributed by atoms with Gasteiger partial charge in [0.25, 0.3) is 0 Å². The Hall–Kier alpha value is -0.0400. The first-order valence-corrected chi connectivity index (χ1v) is 9.89. The van der Waals surface area contributed by atoms with E-state index in [1.54, 1.807) is 0 Å². The molecule has 0 radical (unpaired) electrons. The summed E-state index contributed by atoms with van der Waals surface area (Å²) in [6.45, 7) is 5.81. The average Bonchev–Trinajstić information content (AvgIpc) is 2.43. The van der Waals surface area contributed by atoms with Crippen LogP contribution in [0.1, 0.15) is 84.5 Å². The molecular formula is C20H36O. The molecule has 21 heavy (non-hydrogen) atoms. The van der Waals surface area contributed by atoms with Crippen molar-refractivity contribution >= 4 is 0 Å². The predicted octanol–water partition coefficient (Wildman–Crippen LogP) is 5.82. The quantitative estimate of drug-likeness (QED) is 0.636. The van der Waals surface area contributed by atoms with Crippen LogP contribution >= 0.6 is 0 Å². The molecule has 2 saturated carbocycles. The summed E-state index contributed by atoms with van der Waals surface area (Å²) in [5.74, 6) is 5.03. The van der Waals surface area contributed by atoms with Gasteiger partial charge in [-0.05, 0) is 55.8 Å². The van der Waals surface area contributed by atoms with Crippen LogP contribution in [0, 0.1) is 29.6 Å². The molecular weight excluding hydrogens is 256 g/mol. The van der Waals surface area contributed by atoms with Crippen LogP contribution in [-0.2, 0) is 4.74 Å². The molecule has 122 valence electrons. The summed E-state index contributed by atoms with van der Waals surface area (Å²) in [6.07, 6.45) is 16.9. The zero-order valence-corrected chi connectivity index (χ0v) is 14.4. The minimum absolute atomic E-state index is 0.606. The van der Waals surface area contributed by atoms with Gasteiger partial charge in [-0.3, -0.25) is 0 Å². The Morgan fingerprint density at radius 1 is 0.762 bits per heavy atom. The maximum atomic E-state index is 5.73. The molecule has 0 amide bonds. The predicted molar refractivity (Wildman–Crippen MR) is 89.3 cm³/mol. The molecule has 1 heterocycles. The average molecular weight is 293 g/mol. The van der Waals surface area contributed by atoms with E-state index in [9.17, 15) is 0 Å². The lowest BCUT2D eigenvalue weighted by atomic mass is 9.67. The Kier molecular flexibility index (Phi) is 5.65. The second-order valence-electron chi connectivity index (χ2n) is 8.35. The third kappa shape index (κ3) is 3.84. The van der Waals surface area contributed by atoms with Crippen LogP contribution in [0.2, 0.25) is 0 Å². The fourth-order valence-corrected chi connectivity index (χ4v) is 5.47. The molecule has 1 heteroatoms. The second-order valence-corrected chi connectivity index (χ2v) is 8.35. The van der Waals surface area contributed by atoms with Gasteiger partial charge < -0.3 is 4.74 Å². The Morgan fingerprint density at radius 3 is 1.86 bits per heavy atom. The molecule has 2 atom stereocenters. The van der Waals surface area contributed by atoms with Gasteiger partial charge in [0.1, 0.15) is 0 Å². The maximum Gasteiger partial charge on any atom is 0.0625 e. The third-order valence-corrected chi connectivity index (χ3v) is 7.02. The Morgan fingerprint density at radius 2 is 1.33 bits per heavy atom. The van der Waals surface area contributed by atoms with Crippen LogP contribution in [-0.4, -0.2) is 12.7 Å². The third-order valence-electron chi connectivity index (χ3n) is 7.02. The molecule has 2 aliphatic carbocycles. The molecule has 0 N–H and O–H groups in total. The first-order valence-electron chi connectivity index (χ1n) is 9.89. The summed E-state index contributed by atoms with van der Waals surface area (Å²) in [5.41, 5.74) is 0. The smallest absolute Gasteiger partial charge is 0.0625 e. The van der Waals surface area contributed by atoms with E-state index in [2.05, 4.69) is 13.8 Å². The summed E-state index contributed by atoms with van der Waals surface area (Å²) >= 11 is 0. The van der Waals surface area contributed by atoms with Crippen molar-refractivity contribution in [1.82, 2.24) is 0 Å². The fourth-order valence-electron chi connectivity index (χ4n) is 5.47. The lowest BCUT2D eigenvalue weighted by molar-refractivity contribution is -0.145. The standard InChI is InChI=1S/C20H36O/c1-3-20-19(14-21-20)18-12-10-17(11-13-18)16-8-4-6-15(2)7-5-9-16/h15-20H,3-14H2,1-2H3/t15?,16?,17?,18?,19?,20-/m0/s1. The van der Waals surface area contributed by atoms with Crippen molar-refractivity contribution in [2.24, 2.45) is 29.6 Å². The lowest BCUT2D eigenvalue weighted by Crippen LogP contribution is -2.45. The van der Waals surface area contributed by atoms with E-state index in [0.717, 1.165) is 36.2 Å². The van der Waals surface area contributed by atoms with Gasteiger partial charge in [0.2, 0.25) is 0 Å². The molecule has 1 unspecified atom stereocenters. The summed E-state index contributed by atoms with van der Waals surface area (Å²) in [7, 11) is 0. The van der Waals surface area contributed by atoms with Gasteiger partial charge in [-0.25, -0.2) is 0 Å². The SMILES string of the molecule is CC[C@@H]1OCC1C1CCC(C2CCCC(C)CCC2)CC1. The molecule has 3 rings (SSSR count). The molecule has 1 saturated heterocycles. The molecule has 1 aliphatic heterocycles. The van der Waals surface area contributed by atoms with Crippen LogP contribution in [0.3, 0.4) is 0 Å². The molecule has 1 nitrogen and oxygen atoms in total. The zero-order chi connectivity index (χ0) is 14.7. The van der Waals surface area contributed by atoms with Crippen molar-refractivity contribution in [3.8, 4) is 0 Å². The van der Waals surface area contributed by atoms with Crippen molar-refractivity contribution in [1.29, 1.82) is 0 Å². The number of ether oxygens (including phenoxy) is 1. The van der Waals surface area contributed by atoms with Gasteiger partial charge in [-0.15, -0.1) is 0 Å². The van der Waals surface area contributed by atoms with Gasteiger partial charge in [-0.2, -0.15) is 0 Å². The second kappa shape index (κ2) is 7.49. The summed E-state index contributed by atoms with van der Waals surface area (Å²) in [5, 5.41) is 0. The van der Waals surface area contributed by atoms with E-state index in [1.165, 1.54) is 70.6 Å². The summed E-state index contributed by atoms with van der Waals surface area (Å²) < 4.78 is 5.73. The largest absolute Gasteiger partial charge is 0.377 e. The molecule has 0 aromatic carbocycles. The first kappa shape index (κ1) is 15.8. The van der Waals surface area contributed by atoms with Crippen molar-refractivity contribution < 1.29 is 4.74 Å². The van der Waals surface area contributed by atoms with E-state index >= 15 is 0 Å². The van der Waals surface area contributed by atoms with E-state index in [4.69, 9.17) is 4.74 Å². The highest BCUT2D eigenvalue weighted by Crippen LogP contribution is 2.44. The summed E-state index contributed by atoms with van der Waals surface area (Å²) in [6, 6.07) is 0. The topological polar surface area (TPSA) is 9.23 Å². The van der Waals surface area contributed by atoms with Gasteiger partial charge in [0.05, 0.1) is 12.7 Å². The highest BCUT2D eigenvalue weighted by atomic mass is 16.5. The van der Waals surface area contributed by atoms with Crippen molar-refractivity contribution in [2.45, 2.75) is 90.6 Å². The van der Waals surface area contributed by atoms with Crippen molar-refractivity contribution in [2.75, 3.05) is 6.61 Å². The highest BCUT2D eigenvalue weighted by Gasteiger charge is 2.39. The normalized spacial score (nSPS) is 45.4. The van der Waals surface area contributed by atoms with Gasteiger partial charge in [-0.1, -0.05) is 52.4 Å². The number of hydrogen-bond acceptors (Lipinski definition) is 1. The molecule has 3 aliphatic rings. The van der Waals surface area contributed by atoms with Crippen molar-refractivity contribution in [3.63, 3.8) is 0 Å². The van der Waals surface area contributed by atoms with Crippen molar-refractivity contribution in [3.05, 3.63) is 0 Å². The van der Waals surface area contributed by atoms with Crippen LogP contribution < -0.4 is 0 Å². The monoisotopic (exact) mass is 292 g/mol. The number of hydrogen-bond donors (Lipinski definition) is 0. The van der Waals surface area contributed by atoms with Gasteiger partial charge in [0.15, 0.2) is 0 Å². The van der Waals surface area contributed by atoms with E-state index in [-0.39, 0.29) is 0 Å². The Bertz CT molecular complexity index is 293. The Balaban J connectivity index is 1.44. The highest BCUT2D eigenvalue weighted by molar-refractivity contribution is 4.88. The lowest BCUT2D eigenvalue weighted by Gasteiger charge is -2.45. The van der Waals surface area contributed by atoms with Crippen LogP contribution in [0.5, 0.6) is 0 Å². The van der Waals surface area contributed by atoms with Gasteiger partial charge >= 0.3 is 0 Å². The first-order chi connectivity index (χ1) is 10.3. The van der Waals surface area contributed by atoms with Gasteiger partial charge in [0, 0.05) is 5.92 Å². The van der Waals surface area contributed by atoms with Crippen LogP contribution in [0.15, 0.2) is 0 Å². The van der Waals surface area contributed by atoms with Crippen LogP contribution in [0.25, 0.3) is 0 Å². The molecule has 3 fully saturated rings. The minimum Gasteiger partial charge on any atom is -0.377 e. The minimum atomic E-state index is 0.606. The maximum absolute atomic E-state index is 5.73. The summed E-state index contributed by atoms with van der Waals surface area (Å²) in [4.78, 5) is 0. The fraction of sp³-hybridized carbons (Fsp3) is 1.00. The van der Waals surface area contributed by atoms with E-state index < -0.39 is 0 Å². The van der Waals surface area contributed by atoms with E-state index in [0.29, 0.717) is 6.10 Å². The van der Waals surface area contributed by atoms with Crippen LogP contribution in [0.4, 0.5) is 0 Å². The van der Waals surface area contributed by atoms with E-state index in [1.807, 2.05) is 0 Å². The molecule has 0 spiro atoms. The molecule has 0 aromatic rings.